The largest absolute Gasteiger partial charge is 0.396 e. The second-order valence-electron chi connectivity index (χ2n) is 5.68. The maximum absolute atomic E-state index is 12.4. The van der Waals surface area contributed by atoms with Gasteiger partial charge in [-0.2, -0.15) is 0 Å². The van der Waals surface area contributed by atoms with Crippen molar-refractivity contribution in [3.8, 4) is 0 Å². The lowest BCUT2D eigenvalue weighted by molar-refractivity contribution is 0.0950. The van der Waals surface area contributed by atoms with Gasteiger partial charge in [0.1, 0.15) is 0 Å². The lowest BCUT2D eigenvalue weighted by Crippen LogP contribution is -2.25. The zero-order valence-electron chi connectivity index (χ0n) is 13.9. The predicted octanol–water partition coefficient (Wildman–Crippen LogP) is 2.67. The maximum Gasteiger partial charge on any atom is 0.255 e. The fraction of sp³-hybridized carbons (Fsp3) is 0.263. The minimum Gasteiger partial charge on any atom is -0.396 e. The van der Waals surface area contributed by atoms with Gasteiger partial charge in [-0.1, -0.05) is 17.7 Å². The summed E-state index contributed by atoms with van der Waals surface area (Å²) in [4.78, 5) is 24.2. The van der Waals surface area contributed by atoms with Crippen LogP contribution in [0.25, 0.3) is 0 Å². The number of anilines is 1. The summed E-state index contributed by atoms with van der Waals surface area (Å²) in [7, 11) is 0. The van der Waals surface area contributed by atoms with Crippen molar-refractivity contribution in [3.05, 3.63) is 64.7 Å². The van der Waals surface area contributed by atoms with Gasteiger partial charge in [0, 0.05) is 30.0 Å². The van der Waals surface area contributed by atoms with E-state index in [1.54, 1.807) is 24.3 Å². The monoisotopic (exact) mass is 326 g/mol. The number of hydrogen-bond acceptors (Lipinski definition) is 3. The summed E-state index contributed by atoms with van der Waals surface area (Å²) in [5.74, 6) is -0.368. The smallest absolute Gasteiger partial charge is 0.255 e. The molecule has 0 aromatic heterocycles. The quantitative estimate of drug-likeness (QED) is 0.714. The van der Waals surface area contributed by atoms with Crippen LogP contribution < -0.4 is 10.6 Å². The third-order valence-electron chi connectivity index (χ3n) is 3.66. The number of carbonyl (C=O) groups is 2. The normalized spacial score (nSPS) is 10.3. The molecule has 126 valence electrons. The van der Waals surface area contributed by atoms with Gasteiger partial charge < -0.3 is 15.7 Å². The van der Waals surface area contributed by atoms with Gasteiger partial charge in [-0.25, -0.2) is 0 Å². The molecule has 0 aliphatic carbocycles. The Kier molecular flexibility index (Phi) is 6.09. The fourth-order valence-corrected chi connectivity index (χ4v) is 2.27. The van der Waals surface area contributed by atoms with Crippen LogP contribution in [0.1, 0.15) is 38.3 Å². The van der Waals surface area contributed by atoms with Crippen molar-refractivity contribution in [1.29, 1.82) is 0 Å². The molecule has 2 aromatic rings. The third-order valence-corrected chi connectivity index (χ3v) is 3.66. The van der Waals surface area contributed by atoms with Crippen LogP contribution in [0.5, 0.6) is 0 Å². The third kappa shape index (κ3) is 4.67. The summed E-state index contributed by atoms with van der Waals surface area (Å²) < 4.78 is 0. The van der Waals surface area contributed by atoms with Crippen molar-refractivity contribution in [2.75, 3.05) is 18.5 Å². The fourth-order valence-electron chi connectivity index (χ4n) is 2.27. The van der Waals surface area contributed by atoms with Crippen LogP contribution in [0.15, 0.2) is 42.5 Å². The topological polar surface area (TPSA) is 78.4 Å². The first kappa shape index (κ1) is 17.7. The van der Waals surface area contributed by atoms with Crippen LogP contribution in [-0.4, -0.2) is 30.1 Å². The van der Waals surface area contributed by atoms with Crippen molar-refractivity contribution < 1.29 is 14.7 Å². The summed E-state index contributed by atoms with van der Waals surface area (Å²) in [6.07, 6.45) is 0.524. The summed E-state index contributed by atoms with van der Waals surface area (Å²) in [5.41, 5.74) is 3.73. The molecule has 2 aromatic carbocycles. The number of hydrogen-bond donors (Lipinski definition) is 3. The molecule has 0 saturated heterocycles. The molecule has 0 heterocycles. The molecule has 0 saturated carbocycles. The SMILES string of the molecule is Cc1ccc(C)c(C(=O)Nc2ccc(C(=O)NCCCO)cc2)c1. The first-order chi connectivity index (χ1) is 11.5. The van der Waals surface area contributed by atoms with E-state index < -0.39 is 0 Å². The highest BCUT2D eigenvalue weighted by atomic mass is 16.3. The Hall–Kier alpha value is -2.66. The zero-order valence-corrected chi connectivity index (χ0v) is 13.9. The van der Waals surface area contributed by atoms with Crippen molar-refractivity contribution in [3.63, 3.8) is 0 Å². The highest BCUT2D eigenvalue weighted by molar-refractivity contribution is 6.05. The van der Waals surface area contributed by atoms with Gasteiger partial charge in [0.2, 0.25) is 0 Å². The summed E-state index contributed by atoms with van der Waals surface area (Å²) in [6, 6.07) is 12.5. The second-order valence-corrected chi connectivity index (χ2v) is 5.68. The average Bonchev–Trinajstić information content (AvgIpc) is 2.57. The molecular formula is C19H22N2O3. The molecular weight excluding hydrogens is 304 g/mol. The number of aliphatic hydroxyl groups is 1. The molecule has 5 heteroatoms. The molecule has 5 nitrogen and oxygen atoms in total. The number of aryl methyl sites for hydroxylation is 2. The lowest BCUT2D eigenvalue weighted by atomic mass is 10.0. The number of rotatable bonds is 6. The van der Waals surface area contributed by atoms with Gasteiger partial charge in [0.05, 0.1) is 0 Å². The van der Waals surface area contributed by atoms with Crippen LogP contribution in [0.3, 0.4) is 0 Å². The summed E-state index contributed by atoms with van der Waals surface area (Å²) >= 11 is 0. The molecule has 0 fully saturated rings. The average molecular weight is 326 g/mol. The van der Waals surface area contributed by atoms with E-state index in [1.165, 1.54) is 0 Å². The van der Waals surface area contributed by atoms with Gasteiger partial charge in [-0.05, 0) is 56.2 Å². The van der Waals surface area contributed by atoms with Crippen LogP contribution >= 0.6 is 0 Å². The number of aliphatic hydroxyl groups excluding tert-OH is 1. The highest BCUT2D eigenvalue weighted by Gasteiger charge is 2.10. The number of benzene rings is 2. The van der Waals surface area contributed by atoms with E-state index in [1.807, 2.05) is 32.0 Å². The molecule has 2 rings (SSSR count). The van der Waals surface area contributed by atoms with Crippen LogP contribution in [0.2, 0.25) is 0 Å². The minimum atomic E-state index is -0.198. The number of amides is 2. The van der Waals surface area contributed by atoms with Crippen molar-refractivity contribution >= 4 is 17.5 Å². The molecule has 0 radical (unpaired) electrons. The molecule has 0 bridgehead atoms. The van der Waals surface area contributed by atoms with Crippen LogP contribution in [0, 0.1) is 13.8 Å². The second kappa shape index (κ2) is 8.26. The van der Waals surface area contributed by atoms with E-state index in [2.05, 4.69) is 10.6 Å². The summed E-state index contributed by atoms with van der Waals surface area (Å²) in [5, 5.41) is 14.3. The lowest BCUT2D eigenvalue weighted by Gasteiger charge is -2.09. The van der Waals surface area contributed by atoms with E-state index in [4.69, 9.17) is 5.11 Å². The van der Waals surface area contributed by atoms with Crippen LogP contribution in [-0.2, 0) is 0 Å². The maximum atomic E-state index is 12.4. The Morgan fingerprint density at radius 1 is 1.00 bits per heavy atom. The van der Waals surface area contributed by atoms with Gasteiger partial charge in [-0.3, -0.25) is 9.59 Å². The van der Waals surface area contributed by atoms with Gasteiger partial charge >= 0.3 is 0 Å². The van der Waals surface area contributed by atoms with E-state index >= 15 is 0 Å². The predicted molar refractivity (Wildman–Crippen MR) is 94.3 cm³/mol. The Bertz CT molecular complexity index is 724. The first-order valence-electron chi connectivity index (χ1n) is 7.89. The molecule has 0 spiro atoms. The molecule has 2 amide bonds. The van der Waals surface area contributed by atoms with Gasteiger partial charge in [0.25, 0.3) is 11.8 Å². The van der Waals surface area contributed by atoms with Crippen molar-refractivity contribution in [1.82, 2.24) is 5.32 Å². The standard InChI is InChI=1S/C19H22N2O3/c1-13-4-5-14(2)17(12-13)19(24)21-16-8-6-15(7-9-16)18(23)20-10-3-11-22/h4-9,12,22H,3,10-11H2,1-2H3,(H,20,23)(H,21,24). The van der Waals surface area contributed by atoms with Crippen molar-refractivity contribution in [2.24, 2.45) is 0 Å². The molecule has 24 heavy (non-hydrogen) atoms. The molecule has 0 aliphatic heterocycles. The highest BCUT2D eigenvalue weighted by Crippen LogP contribution is 2.15. The van der Waals surface area contributed by atoms with Crippen LogP contribution in [0.4, 0.5) is 5.69 Å². The minimum absolute atomic E-state index is 0.0453. The van der Waals surface area contributed by atoms with E-state index in [9.17, 15) is 9.59 Å². The number of nitrogens with one attached hydrogen (secondary N) is 2. The molecule has 0 atom stereocenters. The molecule has 0 aliphatic rings. The Labute approximate surface area is 141 Å². The Balaban J connectivity index is 2.02. The Morgan fingerprint density at radius 2 is 1.71 bits per heavy atom. The van der Waals surface area contributed by atoms with Gasteiger partial charge in [-0.15, -0.1) is 0 Å². The van der Waals surface area contributed by atoms with Gasteiger partial charge in [0.15, 0.2) is 0 Å². The van der Waals surface area contributed by atoms with E-state index in [-0.39, 0.29) is 18.4 Å². The first-order valence-corrected chi connectivity index (χ1v) is 7.89. The molecule has 0 unspecified atom stereocenters. The Morgan fingerprint density at radius 3 is 2.38 bits per heavy atom. The van der Waals surface area contributed by atoms with E-state index in [0.717, 1.165) is 11.1 Å². The van der Waals surface area contributed by atoms with Crippen molar-refractivity contribution in [2.45, 2.75) is 20.3 Å². The zero-order chi connectivity index (χ0) is 17.5. The summed E-state index contributed by atoms with van der Waals surface area (Å²) in [6.45, 7) is 4.32. The number of carbonyl (C=O) groups excluding carboxylic acids is 2. The molecule has 3 N–H and O–H groups in total. The van der Waals surface area contributed by atoms with E-state index in [0.29, 0.717) is 29.8 Å².